The Morgan fingerprint density at radius 3 is 1.62 bits per heavy atom. The van der Waals surface area contributed by atoms with Crippen LogP contribution in [0, 0.1) is 0 Å². The van der Waals surface area contributed by atoms with Crippen LogP contribution in [0.1, 0.15) is 25.0 Å². The highest BCUT2D eigenvalue weighted by atomic mass is 16.3. The Labute approximate surface area is 366 Å². The van der Waals surface area contributed by atoms with E-state index in [2.05, 4.69) is 195 Å². The summed E-state index contributed by atoms with van der Waals surface area (Å²) < 4.78 is 6.61. The average molecular weight is 808 g/mol. The van der Waals surface area contributed by atoms with Crippen molar-refractivity contribution in [2.24, 2.45) is 0 Å². The molecule has 0 saturated carbocycles. The molecule has 11 aromatic rings. The Morgan fingerprint density at radius 2 is 0.984 bits per heavy atom. The number of para-hydroxylation sites is 1. The minimum atomic E-state index is -0.363. The van der Waals surface area contributed by atoms with Gasteiger partial charge in [0, 0.05) is 38.9 Å². The van der Waals surface area contributed by atoms with Crippen LogP contribution in [0.15, 0.2) is 217 Å². The van der Waals surface area contributed by atoms with Gasteiger partial charge in [0.15, 0.2) is 11.4 Å². The van der Waals surface area contributed by atoms with Gasteiger partial charge in [-0.1, -0.05) is 178 Å². The van der Waals surface area contributed by atoms with Crippen LogP contribution in [0.3, 0.4) is 0 Å². The summed E-state index contributed by atoms with van der Waals surface area (Å²) in [5.74, 6) is 0.674. The number of hydrogen-bond acceptors (Lipinski definition) is 4. The quantitative estimate of drug-likeness (QED) is 0.161. The zero-order valence-electron chi connectivity index (χ0n) is 35.0. The first-order chi connectivity index (χ1) is 31.0. The molecule has 0 saturated heterocycles. The minimum Gasteiger partial charge on any atom is -0.452 e. The van der Waals surface area contributed by atoms with Gasteiger partial charge in [0.1, 0.15) is 16.8 Å². The fourth-order valence-corrected chi connectivity index (χ4v) is 9.79. The van der Waals surface area contributed by atoms with Gasteiger partial charge in [0.2, 0.25) is 0 Å². The minimum absolute atomic E-state index is 0.363. The van der Waals surface area contributed by atoms with E-state index in [0.717, 1.165) is 50.4 Å². The van der Waals surface area contributed by atoms with Crippen LogP contribution in [0.25, 0.3) is 88.9 Å². The van der Waals surface area contributed by atoms with Crippen LogP contribution >= 0.6 is 0 Å². The highest BCUT2D eigenvalue weighted by molar-refractivity contribution is 6.09. The second kappa shape index (κ2) is 14.5. The van der Waals surface area contributed by atoms with Crippen molar-refractivity contribution in [3.8, 4) is 56.0 Å². The molecule has 0 aliphatic heterocycles. The maximum Gasteiger partial charge on any atom is 0.180 e. The molecule has 1 aliphatic carbocycles. The number of benzene rings is 9. The molecule has 4 nitrogen and oxygen atoms in total. The van der Waals surface area contributed by atoms with Crippen LogP contribution < -0.4 is 4.90 Å². The average Bonchev–Trinajstić information content (AvgIpc) is 3.84. The van der Waals surface area contributed by atoms with E-state index in [4.69, 9.17) is 14.4 Å². The number of aromatic nitrogens is 2. The third kappa shape index (κ3) is 6.06. The maximum absolute atomic E-state index is 6.61. The molecule has 0 fully saturated rings. The standard InChI is InChI=1S/C59H41N3O/c1-59(2)50-36-44(55-57-56(49-24-14-15-25-52(49)63-57)61-58(60-55)42-20-10-5-11-21-42)30-35-48(50)53-51(37-43-22-12-13-23-47(43)54(53)59)62(45-31-26-40(27-32-45)38-16-6-3-7-17-38)46-33-28-41(29-34-46)39-18-8-4-9-19-39/h3-37H,1-2H3. The van der Waals surface area contributed by atoms with Crippen molar-refractivity contribution in [2.45, 2.75) is 19.3 Å². The molecule has 2 aromatic heterocycles. The van der Waals surface area contributed by atoms with Gasteiger partial charge in [0.05, 0.1) is 5.69 Å². The molecule has 0 bridgehead atoms. The Balaban J connectivity index is 1.08. The highest BCUT2D eigenvalue weighted by Gasteiger charge is 2.40. The molecule has 0 N–H and O–H groups in total. The lowest BCUT2D eigenvalue weighted by atomic mass is 9.79. The lowest BCUT2D eigenvalue weighted by Gasteiger charge is -2.30. The van der Waals surface area contributed by atoms with Gasteiger partial charge in [-0.2, -0.15) is 0 Å². The van der Waals surface area contributed by atoms with E-state index in [-0.39, 0.29) is 5.41 Å². The van der Waals surface area contributed by atoms with Crippen molar-refractivity contribution < 1.29 is 4.42 Å². The van der Waals surface area contributed by atoms with E-state index in [1.165, 1.54) is 55.3 Å². The lowest BCUT2D eigenvalue weighted by molar-refractivity contribution is 0.664. The third-order valence-electron chi connectivity index (χ3n) is 12.8. The molecule has 12 rings (SSSR count). The highest BCUT2D eigenvalue weighted by Crippen LogP contribution is 2.57. The van der Waals surface area contributed by atoms with Gasteiger partial charge >= 0.3 is 0 Å². The number of fused-ring (bicyclic) bond motifs is 8. The molecule has 0 spiro atoms. The number of rotatable bonds is 7. The first kappa shape index (κ1) is 36.7. The van der Waals surface area contributed by atoms with Crippen LogP contribution in [-0.2, 0) is 5.41 Å². The van der Waals surface area contributed by atoms with Gasteiger partial charge in [-0.25, -0.2) is 9.97 Å². The molecule has 0 amide bonds. The molecular formula is C59H41N3O. The zero-order chi connectivity index (χ0) is 42.1. The van der Waals surface area contributed by atoms with Crippen LogP contribution in [0.4, 0.5) is 17.1 Å². The molecule has 63 heavy (non-hydrogen) atoms. The lowest BCUT2D eigenvalue weighted by Crippen LogP contribution is -2.17. The molecule has 0 unspecified atom stereocenters. The van der Waals surface area contributed by atoms with Crippen molar-refractivity contribution >= 4 is 49.9 Å². The van der Waals surface area contributed by atoms with Crippen molar-refractivity contribution in [1.29, 1.82) is 0 Å². The second-order valence-corrected chi connectivity index (χ2v) is 17.0. The Hall–Kier alpha value is -8.08. The van der Waals surface area contributed by atoms with E-state index in [9.17, 15) is 0 Å². The molecule has 0 radical (unpaired) electrons. The summed E-state index contributed by atoms with van der Waals surface area (Å²) >= 11 is 0. The van der Waals surface area contributed by atoms with E-state index in [1.807, 2.05) is 36.4 Å². The number of anilines is 3. The maximum atomic E-state index is 6.61. The Morgan fingerprint density at radius 1 is 0.460 bits per heavy atom. The molecular weight excluding hydrogens is 767 g/mol. The van der Waals surface area contributed by atoms with Gasteiger partial charge in [-0.05, 0) is 98.2 Å². The zero-order valence-corrected chi connectivity index (χ0v) is 35.0. The Bertz CT molecular complexity index is 3420. The summed E-state index contributed by atoms with van der Waals surface area (Å²) in [5.41, 5.74) is 17.8. The number of furan rings is 1. The van der Waals surface area contributed by atoms with E-state index < -0.39 is 0 Å². The molecule has 0 atom stereocenters. The number of hydrogen-bond donors (Lipinski definition) is 0. The largest absolute Gasteiger partial charge is 0.452 e. The van der Waals surface area contributed by atoms with E-state index in [1.54, 1.807) is 0 Å². The van der Waals surface area contributed by atoms with Crippen molar-refractivity contribution in [2.75, 3.05) is 4.90 Å². The Kier molecular flexibility index (Phi) is 8.48. The third-order valence-corrected chi connectivity index (χ3v) is 12.8. The van der Waals surface area contributed by atoms with Crippen LogP contribution in [0.2, 0.25) is 0 Å². The predicted octanol–water partition coefficient (Wildman–Crippen LogP) is 16.0. The summed E-state index contributed by atoms with van der Waals surface area (Å²) in [6.07, 6.45) is 0. The van der Waals surface area contributed by atoms with Gasteiger partial charge in [-0.3, -0.25) is 0 Å². The molecule has 9 aromatic carbocycles. The topological polar surface area (TPSA) is 42.2 Å². The first-order valence-electron chi connectivity index (χ1n) is 21.6. The first-order valence-corrected chi connectivity index (χ1v) is 21.6. The predicted molar refractivity (Wildman–Crippen MR) is 261 cm³/mol. The SMILES string of the molecule is CC1(C)c2cc(-c3nc(-c4ccccc4)nc4c3oc3ccccc34)ccc2-c2c(N(c3ccc(-c4ccccc4)cc3)c3ccc(-c4ccccc4)cc3)cc3ccccc3c21. The summed E-state index contributed by atoms with van der Waals surface area (Å²) in [4.78, 5) is 12.8. The van der Waals surface area contributed by atoms with Gasteiger partial charge < -0.3 is 9.32 Å². The van der Waals surface area contributed by atoms with E-state index in [0.29, 0.717) is 11.4 Å². The second-order valence-electron chi connectivity index (χ2n) is 17.0. The molecule has 298 valence electrons. The summed E-state index contributed by atoms with van der Waals surface area (Å²) in [6.45, 7) is 4.74. The van der Waals surface area contributed by atoms with Gasteiger partial charge in [-0.15, -0.1) is 0 Å². The fourth-order valence-electron chi connectivity index (χ4n) is 9.79. The normalized spacial score (nSPS) is 12.7. The monoisotopic (exact) mass is 807 g/mol. The summed E-state index contributed by atoms with van der Waals surface area (Å²) in [7, 11) is 0. The summed E-state index contributed by atoms with van der Waals surface area (Å²) in [5, 5.41) is 3.43. The van der Waals surface area contributed by atoms with Crippen LogP contribution in [0.5, 0.6) is 0 Å². The van der Waals surface area contributed by atoms with Crippen molar-refractivity contribution in [1.82, 2.24) is 9.97 Å². The molecule has 2 heterocycles. The number of nitrogens with zero attached hydrogens (tertiary/aromatic N) is 3. The smallest absolute Gasteiger partial charge is 0.180 e. The van der Waals surface area contributed by atoms with Crippen molar-refractivity contribution in [3.05, 3.63) is 223 Å². The van der Waals surface area contributed by atoms with Gasteiger partial charge in [0.25, 0.3) is 0 Å². The molecule has 4 heteroatoms. The fraction of sp³-hybridized carbons (Fsp3) is 0.0508. The van der Waals surface area contributed by atoms with E-state index >= 15 is 0 Å². The van der Waals surface area contributed by atoms with Crippen LogP contribution in [-0.4, -0.2) is 9.97 Å². The van der Waals surface area contributed by atoms with Crippen molar-refractivity contribution in [3.63, 3.8) is 0 Å². The summed E-state index contributed by atoms with van der Waals surface area (Å²) in [6, 6.07) is 75.7. The molecule has 1 aliphatic rings.